The number of amides is 2. The number of carbonyl (C=O) groups excluding carboxylic acids is 3. The van der Waals surface area contributed by atoms with Crippen molar-refractivity contribution in [3.8, 4) is 6.07 Å². The number of nitrogens with one attached hydrogen (secondary N) is 1. The van der Waals surface area contributed by atoms with E-state index >= 15 is 0 Å². The van der Waals surface area contributed by atoms with Crippen molar-refractivity contribution in [1.82, 2.24) is 4.90 Å². The summed E-state index contributed by atoms with van der Waals surface area (Å²) in [5, 5.41) is 11.4. The Labute approximate surface area is 168 Å². The monoisotopic (exact) mass is 391 g/mol. The maximum Gasteiger partial charge on any atom is 0.338 e. The number of benzene rings is 2. The molecular weight excluding hydrogens is 370 g/mol. The van der Waals surface area contributed by atoms with Gasteiger partial charge >= 0.3 is 5.97 Å². The Bertz CT molecular complexity index is 946. The van der Waals surface area contributed by atoms with E-state index in [-0.39, 0.29) is 5.91 Å². The minimum Gasteiger partial charge on any atom is -0.449 e. The molecule has 29 heavy (non-hydrogen) atoms. The van der Waals surface area contributed by atoms with Crippen molar-refractivity contribution in [2.75, 3.05) is 11.9 Å². The molecule has 1 atom stereocenters. The van der Waals surface area contributed by atoms with Crippen LogP contribution in [0.4, 0.5) is 5.69 Å². The van der Waals surface area contributed by atoms with E-state index in [1.807, 2.05) is 6.07 Å². The summed E-state index contributed by atoms with van der Waals surface area (Å²) in [4.78, 5) is 38.0. The second-order valence-corrected chi connectivity index (χ2v) is 6.84. The highest BCUT2D eigenvalue weighted by atomic mass is 16.5. The van der Waals surface area contributed by atoms with Crippen molar-refractivity contribution in [2.45, 2.75) is 32.4 Å². The lowest BCUT2D eigenvalue weighted by Crippen LogP contribution is -2.30. The van der Waals surface area contributed by atoms with Crippen molar-refractivity contribution in [3.63, 3.8) is 0 Å². The first-order valence-electron chi connectivity index (χ1n) is 9.35. The Morgan fingerprint density at radius 2 is 1.86 bits per heavy atom. The normalized spacial score (nSPS) is 14.2. The van der Waals surface area contributed by atoms with E-state index in [1.165, 1.54) is 6.92 Å². The fourth-order valence-electron chi connectivity index (χ4n) is 2.99. The van der Waals surface area contributed by atoms with Crippen LogP contribution in [0.3, 0.4) is 0 Å². The zero-order valence-electron chi connectivity index (χ0n) is 16.1. The Balaban J connectivity index is 1.53. The molecule has 1 aliphatic heterocycles. The molecule has 148 valence electrons. The SMILES string of the molecule is C[C@@H](OC(=O)c1ccc(CN2CCCC2=O)cc1)C(=O)Nc1ccc(C#N)cc1. The molecule has 0 radical (unpaired) electrons. The highest BCUT2D eigenvalue weighted by molar-refractivity contribution is 5.97. The minimum absolute atomic E-state index is 0.149. The molecule has 0 aromatic heterocycles. The first kappa shape index (κ1) is 20.1. The van der Waals surface area contributed by atoms with Crippen LogP contribution in [0, 0.1) is 11.3 Å². The van der Waals surface area contributed by atoms with Gasteiger partial charge in [-0.2, -0.15) is 5.26 Å². The van der Waals surface area contributed by atoms with Crippen molar-refractivity contribution in [3.05, 3.63) is 65.2 Å². The van der Waals surface area contributed by atoms with Gasteiger partial charge in [-0.3, -0.25) is 9.59 Å². The standard InChI is InChI=1S/C22H21N3O4/c1-15(21(27)24-19-10-6-16(13-23)7-11-19)29-22(28)18-8-4-17(5-9-18)14-25-12-2-3-20(25)26/h4-11,15H,2-3,12,14H2,1H3,(H,24,27)/t15-/m1/s1. The summed E-state index contributed by atoms with van der Waals surface area (Å²) in [6.45, 7) is 2.77. The lowest BCUT2D eigenvalue weighted by Gasteiger charge is -2.16. The highest BCUT2D eigenvalue weighted by Crippen LogP contribution is 2.16. The number of hydrogen-bond donors (Lipinski definition) is 1. The molecule has 1 aliphatic rings. The van der Waals surface area contributed by atoms with E-state index in [2.05, 4.69) is 5.32 Å². The third-order valence-electron chi connectivity index (χ3n) is 4.67. The fraction of sp³-hybridized carbons (Fsp3) is 0.273. The third kappa shape index (κ3) is 5.20. The molecule has 2 amide bonds. The van der Waals surface area contributed by atoms with Gasteiger partial charge in [-0.25, -0.2) is 4.79 Å². The number of hydrogen-bond acceptors (Lipinski definition) is 5. The Morgan fingerprint density at radius 1 is 1.17 bits per heavy atom. The quantitative estimate of drug-likeness (QED) is 0.764. The van der Waals surface area contributed by atoms with E-state index in [0.29, 0.717) is 29.8 Å². The van der Waals surface area contributed by atoms with Crippen molar-refractivity contribution >= 4 is 23.5 Å². The number of ether oxygens (including phenoxy) is 1. The second kappa shape index (κ2) is 9.02. The molecule has 7 heteroatoms. The predicted molar refractivity (Wildman–Crippen MR) is 106 cm³/mol. The summed E-state index contributed by atoms with van der Waals surface area (Å²) in [6, 6.07) is 15.2. The van der Waals surface area contributed by atoms with Crippen LogP contribution < -0.4 is 5.32 Å². The number of esters is 1. The van der Waals surface area contributed by atoms with Crippen LogP contribution in [0.25, 0.3) is 0 Å². The fourth-order valence-corrected chi connectivity index (χ4v) is 2.99. The van der Waals surface area contributed by atoms with E-state index in [0.717, 1.165) is 18.5 Å². The Kier molecular flexibility index (Phi) is 6.25. The van der Waals surface area contributed by atoms with Crippen LogP contribution in [0.2, 0.25) is 0 Å². The maximum absolute atomic E-state index is 12.3. The number of carbonyl (C=O) groups is 3. The smallest absolute Gasteiger partial charge is 0.338 e. The highest BCUT2D eigenvalue weighted by Gasteiger charge is 2.21. The number of nitrogens with zero attached hydrogens (tertiary/aromatic N) is 2. The summed E-state index contributed by atoms with van der Waals surface area (Å²) in [6.07, 6.45) is 0.485. The van der Waals surface area contributed by atoms with Crippen LogP contribution in [0.1, 0.15) is 41.3 Å². The predicted octanol–water partition coefficient (Wildman–Crippen LogP) is 2.86. The van der Waals surface area contributed by atoms with Gasteiger partial charge in [0.15, 0.2) is 6.10 Å². The van der Waals surface area contributed by atoms with Crippen LogP contribution >= 0.6 is 0 Å². The Morgan fingerprint density at radius 3 is 2.45 bits per heavy atom. The molecule has 0 unspecified atom stereocenters. The van der Waals surface area contributed by atoms with Gasteiger partial charge < -0.3 is 15.0 Å². The van der Waals surface area contributed by atoms with E-state index in [1.54, 1.807) is 53.4 Å². The Hall–Kier alpha value is -3.66. The van der Waals surface area contributed by atoms with Crippen LogP contribution in [0.15, 0.2) is 48.5 Å². The number of anilines is 1. The maximum atomic E-state index is 12.3. The van der Waals surface area contributed by atoms with Gasteiger partial charge in [0.05, 0.1) is 17.2 Å². The largest absolute Gasteiger partial charge is 0.449 e. The molecular formula is C22H21N3O4. The second-order valence-electron chi connectivity index (χ2n) is 6.84. The van der Waals surface area contributed by atoms with Crippen molar-refractivity contribution in [1.29, 1.82) is 5.26 Å². The third-order valence-corrected chi connectivity index (χ3v) is 4.67. The molecule has 0 spiro atoms. The van der Waals surface area contributed by atoms with Gasteiger partial charge in [0.2, 0.25) is 5.91 Å². The van der Waals surface area contributed by atoms with E-state index < -0.39 is 18.0 Å². The zero-order valence-corrected chi connectivity index (χ0v) is 16.1. The van der Waals surface area contributed by atoms with Gasteiger partial charge in [-0.05, 0) is 55.3 Å². The average Bonchev–Trinajstić information content (AvgIpc) is 3.13. The molecule has 7 nitrogen and oxygen atoms in total. The summed E-state index contributed by atoms with van der Waals surface area (Å²) in [5.41, 5.74) is 2.26. The summed E-state index contributed by atoms with van der Waals surface area (Å²) in [7, 11) is 0. The van der Waals surface area contributed by atoms with Gasteiger partial charge in [0, 0.05) is 25.2 Å². The summed E-state index contributed by atoms with van der Waals surface area (Å²) < 4.78 is 5.24. The van der Waals surface area contributed by atoms with Gasteiger partial charge in [0.25, 0.3) is 5.91 Å². The first-order chi connectivity index (χ1) is 14.0. The van der Waals surface area contributed by atoms with Gasteiger partial charge in [0.1, 0.15) is 0 Å². The van der Waals surface area contributed by atoms with Gasteiger partial charge in [-0.1, -0.05) is 12.1 Å². The molecule has 0 bridgehead atoms. The first-order valence-corrected chi connectivity index (χ1v) is 9.35. The summed E-state index contributed by atoms with van der Waals surface area (Å²) in [5.74, 6) is -0.918. The van der Waals surface area contributed by atoms with Crippen molar-refractivity contribution < 1.29 is 19.1 Å². The van der Waals surface area contributed by atoms with Crippen LogP contribution in [-0.2, 0) is 20.9 Å². The molecule has 1 fully saturated rings. The van der Waals surface area contributed by atoms with E-state index in [4.69, 9.17) is 10.00 Å². The topological polar surface area (TPSA) is 99.5 Å². The molecule has 1 N–H and O–H groups in total. The van der Waals surface area contributed by atoms with Crippen LogP contribution in [0.5, 0.6) is 0 Å². The molecule has 0 saturated carbocycles. The number of likely N-dealkylation sites (tertiary alicyclic amines) is 1. The molecule has 1 heterocycles. The average molecular weight is 391 g/mol. The molecule has 1 saturated heterocycles. The molecule has 2 aromatic rings. The lowest BCUT2D eigenvalue weighted by molar-refractivity contribution is -0.128. The van der Waals surface area contributed by atoms with Crippen molar-refractivity contribution in [2.24, 2.45) is 0 Å². The molecule has 2 aromatic carbocycles. The lowest BCUT2D eigenvalue weighted by atomic mass is 10.1. The van der Waals surface area contributed by atoms with Crippen LogP contribution in [-0.4, -0.2) is 35.3 Å². The summed E-state index contributed by atoms with van der Waals surface area (Å²) >= 11 is 0. The number of nitriles is 1. The van der Waals surface area contributed by atoms with E-state index in [9.17, 15) is 14.4 Å². The number of rotatable bonds is 6. The molecule has 0 aliphatic carbocycles. The zero-order chi connectivity index (χ0) is 20.8. The molecule has 3 rings (SSSR count). The minimum atomic E-state index is -0.986. The van der Waals surface area contributed by atoms with Gasteiger partial charge in [-0.15, -0.1) is 0 Å².